The number of hydrogen-bond acceptors (Lipinski definition) is 6. The second-order valence-electron chi connectivity index (χ2n) is 16.3. The number of unbranched alkanes of at least 4 members (excludes halogenated alkanes) is 23. The molecule has 0 saturated heterocycles. The van der Waals surface area contributed by atoms with Crippen LogP contribution in [0.3, 0.4) is 0 Å². The van der Waals surface area contributed by atoms with Crippen LogP contribution >= 0.6 is 0 Å². The Morgan fingerprint density at radius 1 is 0.473 bits per heavy atom. The fourth-order valence-electron chi connectivity index (χ4n) is 6.94. The molecule has 2 N–H and O–H groups in total. The molecule has 0 aromatic carbocycles. The summed E-state index contributed by atoms with van der Waals surface area (Å²) in [5.74, 6) is 0. The van der Waals surface area contributed by atoms with Crippen LogP contribution in [0.1, 0.15) is 206 Å². The van der Waals surface area contributed by atoms with Crippen LogP contribution in [0, 0.1) is 0 Å². The number of aliphatic hydroxyl groups is 2. The molecule has 0 radical (unpaired) electrons. The van der Waals surface area contributed by atoms with Crippen LogP contribution in [-0.2, 0) is 13.6 Å². The summed E-state index contributed by atoms with van der Waals surface area (Å²) < 4.78 is 19.4. The van der Waals surface area contributed by atoms with E-state index in [0.29, 0.717) is 13.1 Å². The molecule has 0 aliphatic heterocycles. The lowest BCUT2D eigenvalue weighted by molar-refractivity contribution is -0.104. The third kappa shape index (κ3) is 42.6. The molecule has 1 atom stereocenters. The van der Waals surface area contributed by atoms with Gasteiger partial charge >= 0.3 is 8.56 Å². The Morgan fingerprint density at radius 3 is 1.44 bits per heavy atom. The molecule has 7 heteroatoms. The predicted molar refractivity (Wildman–Crippen MR) is 242 cm³/mol. The van der Waals surface area contributed by atoms with Gasteiger partial charge in [0.25, 0.3) is 0 Å². The van der Waals surface area contributed by atoms with Gasteiger partial charge in [0.05, 0.1) is 13.2 Å². The Kier molecular flexibility index (Phi) is 43.7. The summed E-state index contributed by atoms with van der Waals surface area (Å²) in [5, 5.41) is 18.4. The molecule has 6 nitrogen and oxygen atoms in total. The zero-order chi connectivity index (χ0) is 40.2. The van der Waals surface area contributed by atoms with Crippen molar-refractivity contribution in [1.29, 1.82) is 0 Å². The monoisotopic (exact) mass is 794 g/mol. The number of nitrogens with zero attached hydrogens (tertiary/aromatic N) is 1. The van der Waals surface area contributed by atoms with Crippen molar-refractivity contribution >= 4 is 8.56 Å². The summed E-state index contributed by atoms with van der Waals surface area (Å²) in [4.78, 5) is 2.13. The van der Waals surface area contributed by atoms with Gasteiger partial charge in [0.1, 0.15) is 6.29 Å². The SMILES string of the molecule is CCCCC/C=C\C/C=C\CCCCCCCCOC(CCCCCCC/C=C\CCCCCCCC)O[Si](C)(C)OCCCCCCN(CCO)CCO. The molecule has 0 fully saturated rings. The van der Waals surface area contributed by atoms with Gasteiger partial charge in [-0.05, 0) is 110 Å². The summed E-state index contributed by atoms with van der Waals surface area (Å²) in [6.07, 6.45) is 51.5. The molecule has 0 heterocycles. The van der Waals surface area contributed by atoms with Gasteiger partial charge in [-0.15, -0.1) is 0 Å². The van der Waals surface area contributed by atoms with Gasteiger partial charge in [0, 0.05) is 26.3 Å². The Balaban J connectivity index is 4.37. The van der Waals surface area contributed by atoms with Crippen LogP contribution in [0.4, 0.5) is 0 Å². The van der Waals surface area contributed by atoms with E-state index in [9.17, 15) is 10.2 Å². The van der Waals surface area contributed by atoms with E-state index >= 15 is 0 Å². The van der Waals surface area contributed by atoms with Crippen LogP contribution in [0.15, 0.2) is 36.5 Å². The van der Waals surface area contributed by atoms with Crippen molar-refractivity contribution in [3.8, 4) is 0 Å². The first-order valence-corrected chi connectivity index (χ1v) is 26.6. The maximum absolute atomic E-state index is 9.22. The van der Waals surface area contributed by atoms with Crippen molar-refractivity contribution in [2.45, 2.75) is 226 Å². The Morgan fingerprint density at radius 2 is 0.891 bits per heavy atom. The smallest absolute Gasteiger partial charge is 0.333 e. The third-order valence-corrected chi connectivity index (χ3v) is 12.1. The molecule has 0 bridgehead atoms. The molecular weight excluding hydrogens is 699 g/mol. The van der Waals surface area contributed by atoms with Gasteiger partial charge < -0.3 is 23.8 Å². The maximum atomic E-state index is 9.22. The van der Waals surface area contributed by atoms with E-state index in [2.05, 4.69) is 68.3 Å². The van der Waals surface area contributed by atoms with Crippen LogP contribution < -0.4 is 0 Å². The molecule has 0 amide bonds. The molecule has 0 aromatic rings. The first-order chi connectivity index (χ1) is 27.0. The highest BCUT2D eigenvalue weighted by molar-refractivity contribution is 6.64. The molecular formula is C48H95NO5Si. The number of rotatable bonds is 45. The van der Waals surface area contributed by atoms with Gasteiger partial charge in [0.15, 0.2) is 0 Å². The van der Waals surface area contributed by atoms with Gasteiger partial charge in [-0.2, -0.15) is 0 Å². The minimum Gasteiger partial charge on any atom is -0.395 e. The molecule has 0 aliphatic rings. The fourth-order valence-corrected chi connectivity index (χ4v) is 8.46. The second-order valence-corrected chi connectivity index (χ2v) is 19.7. The fraction of sp³-hybridized carbons (Fsp3) is 0.875. The van der Waals surface area contributed by atoms with Crippen LogP contribution in [0.2, 0.25) is 13.1 Å². The number of hydrogen-bond donors (Lipinski definition) is 2. The number of ether oxygens (including phenoxy) is 1. The van der Waals surface area contributed by atoms with Gasteiger partial charge in [-0.3, -0.25) is 4.90 Å². The summed E-state index contributed by atoms with van der Waals surface area (Å²) >= 11 is 0. The van der Waals surface area contributed by atoms with Crippen LogP contribution in [0.5, 0.6) is 0 Å². The van der Waals surface area contributed by atoms with Crippen molar-refractivity contribution < 1.29 is 23.8 Å². The van der Waals surface area contributed by atoms with Crippen molar-refractivity contribution in [2.24, 2.45) is 0 Å². The van der Waals surface area contributed by atoms with E-state index in [-0.39, 0.29) is 19.5 Å². The molecule has 55 heavy (non-hydrogen) atoms. The maximum Gasteiger partial charge on any atom is 0.333 e. The molecule has 0 saturated carbocycles. The van der Waals surface area contributed by atoms with Gasteiger partial charge in [0.2, 0.25) is 0 Å². The highest BCUT2D eigenvalue weighted by atomic mass is 28.4. The lowest BCUT2D eigenvalue weighted by atomic mass is 10.1. The summed E-state index contributed by atoms with van der Waals surface area (Å²) in [6.45, 7) is 12.9. The zero-order valence-corrected chi connectivity index (χ0v) is 38.3. The van der Waals surface area contributed by atoms with E-state index < -0.39 is 8.56 Å². The lowest BCUT2D eigenvalue weighted by Gasteiger charge is -2.29. The number of aliphatic hydroxyl groups excluding tert-OH is 2. The van der Waals surface area contributed by atoms with E-state index in [0.717, 1.165) is 71.1 Å². The van der Waals surface area contributed by atoms with E-state index in [1.807, 2.05) is 0 Å². The van der Waals surface area contributed by atoms with Gasteiger partial charge in [-0.1, -0.05) is 153 Å². The molecule has 0 aromatic heterocycles. The first kappa shape index (κ1) is 54.2. The normalized spacial score (nSPS) is 13.1. The number of allylic oxidation sites excluding steroid dienone is 6. The minimum absolute atomic E-state index is 0.145. The second kappa shape index (κ2) is 44.3. The van der Waals surface area contributed by atoms with Crippen LogP contribution in [0.25, 0.3) is 0 Å². The minimum atomic E-state index is -2.30. The largest absolute Gasteiger partial charge is 0.395 e. The average molecular weight is 794 g/mol. The summed E-state index contributed by atoms with van der Waals surface area (Å²) in [7, 11) is -2.30. The molecule has 326 valence electrons. The Labute approximate surface area is 344 Å². The van der Waals surface area contributed by atoms with E-state index in [4.69, 9.17) is 13.6 Å². The summed E-state index contributed by atoms with van der Waals surface area (Å²) in [6, 6.07) is 0. The molecule has 0 rings (SSSR count). The van der Waals surface area contributed by atoms with E-state index in [1.54, 1.807) is 0 Å². The van der Waals surface area contributed by atoms with Crippen molar-refractivity contribution in [3.05, 3.63) is 36.5 Å². The molecule has 0 aliphatic carbocycles. The van der Waals surface area contributed by atoms with E-state index in [1.165, 1.54) is 141 Å². The highest BCUT2D eigenvalue weighted by Crippen LogP contribution is 2.19. The zero-order valence-electron chi connectivity index (χ0n) is 37.3. The molecule has 0 spiro atoms. The topological polar surface area (TPSA) is 71.4 Å². The van der Waals surface area contributed by atoms with Crippen LogP contribution in [-0.4, -0.2) is 76.0 Å². The highest BCUT2D eigenvalue weighted by Gasteiger charge is 2.29. The Hall–Kier alpha value is -0.803. The first-order valence-electron chi connectivity index (χ1n) is 23.8. The standard InChI is InChI=1S/C48H95NO5Si/c1-5-7-9-11-13-15-17-19-21-23-25-27-29-31-34-38-46-52-48(40-36-32-30-28-26-24-22-20-18-16-14-12-10-8-6-2)54-55(3,4)53-47-39-35-33-37-41-49(42-44-50)43-45-51/h13,15,19-22,48,50-51H,5-12,14,16-18,23-47H2,1-4H3/b15-13-,21-19-,22-20-. The van der Waals surface area contributed by atoms with Crippen molar-refractivity contribution in [3.63, 3.8) is 0 Å². The average Bonchev–Trinajstić information content (AvgIpc) is 3.17. The quantitative estimate of drug-likeness (QED) is 0.0277. The lowest BCUT2D eigenvalue weighted by Crippen LogP contribution is -2.40. The van der Waals surface area contributed by atoms with Crippen molar-refractivity contribution in [1.82, 2.24) is 4.90 Å². The molecule has 1 unspecified atom stereocenters. The predicted octanol–water partition coefficient (Wildman–Crippen LogP) is 13.8. The Bertz CT molecular complexity index is 829. The summed E-state index contributed by atoms with van der Waals surface area (Å²) in [5.41, 5.74) is 0. The third-order valence-electron chi connectivity index (χ3n) is 10.4. The van der Waals surface area contributed by atoms with Gasteiger partial charge in [-0.25, -0.2) is 0 Å². The van der Waals surface area contributed by atoms with Crippen molar-refractivity contribution in [2.75, 3.05) is 46.1 Å².